The summed E-state index contributed by atoms with van der Waals surface area (Å²) in [4.78, 5) is 0. The normalized spacial score (nSPS) is 12.7. The summed E-state index contributed by atoms with van der Waals surface area (Å²) in [7, 11) is 0. The highest BCUT2D eigenvalue weighted by atomic mass is 16.3. The number of hydrogen-bond donors (Lipinski definition) is 2. The van der Waals surface area contributed by atoms with E-state index >= 15 is 0 Å². The van der Waals surface area contributed by atoms with Crippen LogP contribution in [0.1, 0.15) is 12.5 Å². The van der Waals surface area contributed by atoms with E-state index in [0.29, 0.717) is 5.92 Å². The molecule has 0 aliphatic rings. The minimum absolute atomic E-state index is 0.262. The Labute approximate surface area is 86.0 Å². The van der Waals surface area contributed by atoms with Crippen molar-refractivity contribution in [2.75, 3.05) is 19.7 Å². The Morgan fingerprint density at radius 1 is 1.29 bits per heavy atom. The lowest BCUT2D eigenvalue weighted by atomic mass is 10.1. The van der Waals surface area contributed by atoms with E-state index in [2.05, 4.69) is 29.6 Å². The molecule has 0 aliphatic carbocycles. The number of aliphatic hydroxyl groups is 1. The van der Waals surface area contributed by atoms with E-state index in [1.54, 1.807) is 0 Å². The van der Waals surface area contributed by atoms with Crippen LogP contribution >= 0.6 is 0 Å². The van der Waals surface area contributed by atoms with Crippen LogP contribution in [0.2, 0.25) is 0 Å². The van der Waals surface area contributed by atoms with Gasteiger partial charge in [-0.2, -0.15) is 0 Å². The van der Waals surface area contributed by atoms with Crippen molar-refractivity contribution < 1.29 is 5.11 Å². The highest BCUT2D eigenvalue weighted by Gasteiger charge is 1.98. The first-order valence-electron chi connectivity index (χ1n) is 5.18. The fourth-order valence-corrected chi connectivity index (χ4v) is 1.29. The van der Waals surface area contributed by atoms with Gasteiger partial charge in [-0.3, -0.25) is 0 Å². The first-order valence-corrected chi connectivity index (χ1v) is 5.18. The van der Waals surface area contributed by atoms with E-state index in [4.69, 9.17) is 5.11 Å². The van der Waals surface area contributed by atoms with Crippen LogP contribution in [0.4, 0.5) is 0 Å². The summed E-state index contributed by atoms with van der Waals surface area (Å²) in [6.07, 6.45) is 1.05. The molecule has 2 heteroatoms. The van der Waals surface area contributed by atoms with E-state index in [0.717, 1.165) is 19.5 Å². The molecule has 0 fully saturated rings. The van der Waals surface area contributed by atoms with E-state index in [1.807, 2.05) is 13.0 Å². The fourth-order valence-electron chi connectivity index (χ4n) is 1.29. The molecule has 0 spiro atoms. The Morgan fingerprint density at radius 2 is 2.00 bits per heavy atom. The van der Waals surface area contributed by atoms with Gasteiger partial charge < -0.3 is 10.4 Å². The van der Waals surface area contributed by atoms with Crippen LogP contribution in [-0.2, 0) is 6.42 Å². The fraction of sp³-hybridized carbons (Fsp3) is 0.500. The Hall–Kier alpha value is -0.860. The second-order valence-corrected chi connectivity index (χ2v) is 3.73. The molecule has 0 aliphatic heterocycles. The van der Waals surface area contributed by atoms with Crippen LogP contribution in [0.25, 0.3) is 0 Å². The molecule has 2 nitrogen and oxygen atoms in total. The van der Waals surface area contributed by atoms with Gasteiger partial charge in [0.25, 0.3) is 0 Å². The lowest BCUT2D eigenvalue weighted by molar-refractivity contribution is 0.234. The van der Waals surface area contributed by atoms with Gasteiger partial charge in [-0.05, 0) is 31.0 Å². The van der Waals surface area contributed by atoms with Crippen molar-refractivity contribution in [2.45, 2.75) is 13.3 Å². The summed E-state index contributed by atoms with van der Waals surface area (Å²) < 4.78 is 0. The maximum Gasteiger partial charge on any atom is 0.0468 e. The Bertz CT molecular complexity index is 235. The molecule has 2 N–H and O–H groups in total. The molecule has 1 unspecified atom stereocenters. The van der Waals surface area contributed by atoms with E-state index in [9.17, 15) is 0 Å². The topological polar surface area (TPSA) is 32.3 Å². The van der Waals surface area contributed by atoms with E-state index < -0.39 is 0 Å². The van der Waals surface area contributed by atoms with Crippen molar-refractivity contribution in [3.05, 3.63) is 35.9 Å². The molecule has 0 amide bonds. The number of hydrogen-bond acceptors (Lipinski definition) is 2. The largest absolute Gasteiger partial charge is 0.396 e. The molecule has 0 radical (unpaired) electrons. The van der Waals surface area contributed by atoms with Crippen molar-refractivity contribution in [3.63, 3.8) is 0 Å². The Kier molecular flexibility index (Phi) is 5.27. The van der Waals surface area contributed by atoms with Crippen molar-refractivity contribution in [1.29, 1.82) is 0 Å². The van der Waals surface area contributed by atoms with Crippen LogP contribution in [-0.4, -0.2) is 24.8 Å². The molecule has 1 aromatic rings. The maximum absolute atomic E-state index is 8.81. The summed E-state index contributed by atoms with van der Waals surface area (Å²) in [6, 6.07) is 10.4. The molecule has 0 saturated carbocycles. The number of rotatable bonds is 6. The second-order valence-electron chi connectivity index (χ2n) is 3.73. The number of aliphatic hydroxyl groups excluding tert-OH is 1. The molecule has 0 heterocycles. The minimum Gasteiger partial charge on any atom is -0.396 e. The summed E-state index contributed by atoms with van der Waals surface area (Å²) in [5.74, 6) is 0.353. The van der Waals surface area contributed by atoms with Gasteiger partial charge in [0.2, 0.25) is 0 Å². The average molecular weight is 193 g/mol. The summed E-state index contributed by atoms with van der Waals surface area (Å²) in [5.41, 5.74) is 1.36. The zero-order chi connectivity index (χ0) is 10.2. The number of benzene rings is 1. The third-order valence-corrected chi connectivity index (χ3v) is 2.24. The van der Waals surface area contributed by atoms with E-state index in [-0.39, 0.29) is 6.61 Å². The Balaban J connectivity index is 2.10. The van der Waals surface area contributed by atoms with Gasteiger partial charge in [0, 0.05) is 6.61 Å². The van der Waals surface area contributed by atoms with E-state index in [1.165, 1.54) is 5.56 Å². The van der Waals surface area contributed by atoms with Gasteiger partial charge in [0.05, 0.1) is 0 Å². The highest BCUT2D eigenvalue weighted by Crippen LogP contribution is 1.98. The smallest absolute Gasteiger partial charge is 0.0468 e. The van der Waals surface area contributed by atoms with Crippen molar-refractivity contribution >= 4 is 0 Å². The van der Waals surface area contributed by atoms with Crippen LogP contribution < -0.4 is 5.32 Å². The monoisotopic (exact) mass is 193 g/mol. The predicted molar refractivity (Wildman–Crippen MR) is 59.3 cm³/mol. The van der Waals surface area contributed by atoms with Crippen molar-refractivity contribution in [1.82, 2.24) is 5.32 Å². The first-order chi connectivity index (χ1) is 6.83. The summed E-state index contributed by atoms with van der Waals surface area (Å²) in [5, 5.41) is 12.1. The average Bonchev–Trinajstić information content (AvgIpc) is 2.25. The van der Waals surface area contributed by atoms with Gasteiger partial charge >= 0.3 is 0 Å². The van der Waals surface area contributed by atoms with Crippen molar-refractivity contribution in [3.8, 4) is 0 Å². The standard InChI is InChI=1S/C12H19NO/c1-11(10-14)9-13-8-7-12-5-3-2-4-6-12/h2-6,11,13-14H,7-10H2,1H3. The molecule has 0 aromatic heterocycles. The third kappa shape index (κ3) is 4.40. The molecular formula is C12H19NO. The molecule has 14 heavy (non-hydrogen) atoms. The second kappa shape index (κ2) is 6.57. The van der Waals surface area contributed by atoms with Gasteiger partial charge in [0.15, 0.2) is 0 Å². The van der Waals surface area contributed by atoms with Crippen LogP contribution in [0.15, 0.2) is 30.3 Å². The van der Waals surface area contributed by atoms with Gasteiger partial charge in [-0.1, -0.05) is 37.3 Å². The molecule has 0 bridgehead atoms. The van der Waals surface area contributed by atoms with Gasteiger partial charge in [-0.15, -0.1) is 0 Å². The highest BCUT2D eigenvalue weighted by molar-refractivity contribution is 5.14. The quantitative estimate of drug-likeness (QED) is 0.670. The summed E-state index contributed by atoms with van der Waals surface area (Å²) >= 11 is 0. The Morgan fingerprint density at radius 3 is 2.64 bits per heavy atom. The maximum atomic E-state index is 8.81. The minimum atomic E-state index is 0.262. The lowest BCUT2D eigenvalue weighted by Crippen LogP contribution is -2.25. The summed E-state index contributed by atoms with van der Waals surface area (Å²) in [6.45, 7) is 4.17. The lowest BCUT2D eigenvalue weighted by Gasteiger charge is -2.09. The van der Waals surface area contributed by atoms with Gasteiger partial charge in [0.1, 0.15) is 0 Å². The zero-order valence-electron chi connectivity index (χ0n) is 8.74. The van der Waals surface area contributed by atoms with Gasteiger partial charge in [-0.25, -0.2) is 0 Å². The van der Waals surface area contributed by atoms with Crippen LogP contribution in [0, 0.1) is 5.92 Å². The van der Waals surface area contributed by atoms with Crippen molar-refractivity contribution in [2.24, 2.45) is 5.92 Å². The molecule has 1 rings (SSSR count). The molecule has 78 valence electrons. The first kappa shape index (κ1) is 11.2. The SMILES string of the molecule is CC(CO)CNCCc1ccccc1. The third-order valence-electron chi connectivity index (χ3n) is 2.24. The predicted octanol–water partition coefficient (Wildman–Crippen LogP) is 1.45. The molecular weight excluding hydrogens is 174 g/mol. The molecule has 1 aromatic carbocycles. The molecule has 1 atom stereocenters. The van der Waals surface area contributed by atoms with Crippen LogP contribution in [0.3, 0.4) is 0 Å². The molecule has 0 saturated heterocycles. The zero-order valence-corrected chi connectivity index (χ0v) is 8.74. The van der Waals surface area contributed by atoms with Crippen LogP contribution in [0.5, 0.6) is 0 Å². The number of nitrogens with one attached hydrogen (secondary N) is 1.